The number of aryl methyl sites for hydroxylation is 2. The standard InChI is InChI=1S/C22H26N4OS/c1-3-14(2)26-21(27)16-10-8-15(9-11-16)12-23-20-19-17-6-4-5-7-18(17)28-22(19)25-13-24-20/h8-11,13-14H,3-7,12H2,1-2H3,(H,26,27)(H,23,24,25). The third-order valence-electron chi connectivity index (χ3n) is 5.42. The molecule has 1 aliphatic carbocycles. The van der Waals surface area contributed by atoms with E-state index in [0.29, 0.717) is 12.1 Å². The van der Waals surface area contributed by atoms with Crippen molar-refractivity contribution >= 4 is 33.3 Å². The number of carbonyl (C=O) groups excluding carboxylic acids is 1. The zero-order valence-electron chi connectivity index (χ0n) is 16.4. The van der Waals surface area contributed by atoms with Crippen LogP contribution in [0.2, 0.25) is 0 Å². The van der Waals surface area contributed by atoms with Crippen molar-refractivity contribution < 1.29 is 4.79 Å². The van der Waals surface area contributed by atoms with Crippen LogP contribution in [-0.4, -0.2) is 21.9 Å². The Bertz CT molecular complexity index is 980. The highest BCUT2D eigenvalue weighted by Crippen LogP contribution is 2.38. The Morgan fingerprint density at radius 2 is 1.96 bits per heavy atom. The highest BCUT2D eigenvalue weighted by molar-refractivity contribution is 7.19. The van der Waals surface area contributed by atoms with Crippen LogP contribution < -0.4 is 10.6 Å². The van der Waals surface area contributed by atoms with Crippen LogP contribution in [0, 0.1) is 0 Å². The Kier molecular flexibility index (Phi) is 5.57. The maximum absolute atomic E-state index is 12.2. The molecule has 1 unspecified atom stereocenters. The van der Waals surface area contributed by atoms with Crippen LogP contribution >= 0.6 is 11.3 Å². The van der Waals surface area contributed by atoms with Crippen LogP contribution in [0.5, 0.6) is 0 Å². The zero-order valence-corrected chi connectivity index (χ0v) is 17.2. The lowest BCUT2D eigenvalue weighted by Gasteiger charge is -2.13. The molecule has 0 fully saturated rings. The summed E-state index contributed by atoms with van der Waals surface area (Å²) in [7, 11) is 0. The van der Waals surface area contributed by atoms with E-state index < -0.39 is 0 Å². The van der Waals surface area contributed by atoms with E-state index in [2.05, 4.69) is 27.5 Å². The first kappa shape index (κ1) is 18.9. The van der Waals surface area contributed by atoms with E-state index in [1.165, 1.54) is 28.7 Å². The van der Waals surface area contributed by atoms with Crippen molar-refractivity contribution in [1.82, 2.24) is 15.3 Å². The quantitative estimate of drug-likeness (QED) is 0.635. The van der Waals surface area contributed by atoms with Gasteiger partial charge in [0.2, 0.25) is 0 Å². The molecule has 1 amide bonds. The summed E-state index contributed by atoms with van der Waals surface area (Å²) in [6, 6.07) is 7.96. The summed E-state index contributed by atoms with van der Waals surface area (Å²) in [6.07, 6.45) is 7.37. The maximum atomic E-state index is 12.2. The van der Waals surface area contributed by atoms with Gasteiger partial charge < -0.3 is 10.6 Å². The monoisotopic (exact) mass is 394 g/mol. The predicted octanol–water partition coefficient (Wildman–Crippen LogP) is 4.71. The van der Waals surface area contributed by atoms with Crippen molar-refractivity contribution in [3.63, 3.8) is 0 Å². The number of benzene rings is 1. The van der Waals surface area contributed by atoms with Crippen LogP contribution in [0.25, 0.3) is 10.2 Å². The van der Waals surface area contributed by atoms with Gasteiger partial charge in [-0.2, -0.15) is 0 Å². The molecule has 2 heterocycles. The van der Waals surface area contributed by atoms with Crippen LogP contribution in [0.4, 0.5) is 5.82 Å². The average Bonchev–Trinajstić information content (AvgIpc) is 3.11. The third kappa shape index (κ3) is 3.87. The molecule has 0 aliphatic heterocycles. The predicted molar refractivity (Wildman–Crippen MR) is 115 cm³/mol. The summed E-state index contributed by atoms with van der Waals surface area (Å²) < 4.78 is 0. The van der Waals surface area contributed by atoms with E-state index >= 15 is 0 Å². The molecule has 28 heavy (non-hydrogen) atoms. The van der Waals surface area contributed by atoms with E-state index in [4.69, 9.17) is 0 Å². The molecule has 0 spiro atoms. The minimum atomic E-state index is -0.0173. The zero-order chi connectivity index (χ0) is 19.5. The molecule has 6 heteroatoms. The van der Waals surface area contributed by atoms with Gasteiger partial charge >= 0.3 is 0 Å². The van der Waals surface area contributed by atoms with E-state index in [9.17, 15) is 4.79 Å². The summed E-state index contributed by atoms with van der Waals surface area (Å²) >= 11 is 1.81. The fourth-order valence-corrected chi connectivity index (χ4v) is 4.82. The lowest BCUT2D eigenvalue weighted by atomic mass is 9.97. The first-order valence-corrected chi connectivity index (χ1v) is 10.9. The van der Waals surface area contributed by atoms with Gasteiger partial charge in [-0.3, -0.25) is 4.79 Å². The topological polar surface area (TPSA) is 66.9 Å². The van der Waals surface area contributed by atoms with Gasteiger partial charge in [-0.25, -0.2) is 9.97 Å². The second-order valence-electron chi connectivity index (χ2n) is 7.45. The molecule has 1 aliphatic rings. The summed E-state index contributed by atoms with van der Waals surface area (Å²) in [5.74, 6) is 0.902. The number of rotatable bonds is 6. The summed E-state index contributed by atoms with van der Waals surface area (Å²) in [4.78, 5) is 23.8. The van der Waals surface area contributed by atoms with Gasteiger partial charge in [0.15, 0.2) is 0 Å². The number of amides is 1. The van der Waals surface area contributed by atoms with Gasteiger partial charge in [-0.05, 0) is 62.3 Å². The second-order valence-corrected chi connectivity index (χ2v) is 8.53. The molecule has 0 bridgehead atoms. The highest BCUT2D eigenvalue weighted by Gasteiger charge is 2.19. The number of carbonyl (C=O) groups is 1. The summed E-state index contributed by atoms with van der Waals surface area (Å²) in [5.41, 5.74) is 3.25. The summed E-state index contributed by atoms with van der Waals surface area (Å²) in [5, 5.41) is 7.68. The molecule has 0 saturated carbocycles. The number of hydrogen-bond donors (Lipinski definition) is 2. The number of aromatic nitrogens is 2. The molecule has 1 atom stereocenters. The number of anilines is 1. The molecule has 4 rings (SSSR count). The average molecular weight is 395 g/mol. The Morgan fingerprint density at radius 3 is 2.75 bits per heavy atom. The minimum absolute atomic E-state index is 0.0173. The van der Waals surface area contributed by atoms with Gasteiger partial charge in [0.1, 0.15) is 17.0 Å². The smallest absolute Gasteiger partial charge is 0.251 e. The molecular formula is C22H26N4OS. The Morgan fingerprint density at radius 1 is 1.18 bits per heavy atom. The van der Waals surface area contributed by atoms with Crippen molar-refractivity contribution in [3.05, 3.63) is 52.2 Å². The minimum Gasteiger partial charge on any atom is -0.365 e. The molecule has 0 saturated heterocycles. The van der Waals surface area contributed by atoms with Gasteiger partial charge in [-0.15, -0.1) is 11.3 Å². The van der Waals surface area contributed by atoms with Crippen molar-refractivity contribution in [1.29, 1.82) is 0 Å². The molecule has 5 nitrogen and oxygen atoms in total. The largest absolute Gasteiger partial charge is 0.365 e. The van der Waals surface area contributed by atoms with E-state index in [1.54, 1.807) is 6.33 Å². The fourth-order valence-electron chi connectivity index (χ4n) is 3.59. The molecule has 2 aromatic heterocycles. The molecule has 2 N–H and O–H groups in total. The molecule has 0 radical (unpaired) electrons. The van der Waals surface area contributed by atoms with Gasteiger partial charge in [0, 0.05) is 23.0 Å². The van der Waals surface area contributed by atoms with Crippen molar-refractivity contribution in [2.24, 2.45) is 0 Å². The van der Waals surface area contributed by atoms with Crippen molar-refractivity contribution in [2.75, 3.05) is 5.32 Å². The molecule has 3 aromatic rings. The normalized spacial score (nSPS) is 14.5. The summed E-state index contributed by atoms with van der Waals surface area (Å²) in [6.45, 7) is 4.75. The van der Waals surface area contributed by atoms with Crippen LogP contribution in [0.1, 0.15) is 59.5 Å². The van der Waals surface area contributed by atoms with Gasteiger partial charge in [0.25, 0.3) is 5.91 Å². The van der Waals surface area contributed by atoms with Crippen LogP contribution in [0.3, 0.4) is 0 Å². The maximum Gasteiger partial charge on any atom is 0.251 e. The molecule has 1 aromatic carbocycles. The van der Waals surface area contributed by atoms with Crippen molar-refractivity contribution in [2.45, 2.75) is 58.5 Å². The van der Waals surface area contributed by atoms with Gasteiger partial charge in [0.05, 0.1) is 5.39 Å². The number of nitrogens with one attached hydrogen (secondary N) is 2. The first-order valence-electron chi connectivity index (χ1n) is 10.0. The lowest BCUT2D eigenvalue weighted by Crippen LogP contribution is -2.31. The number of thiophene rings is 1. The number of nitrogens with zero attached hydrogens (tertiary/aromatic N) is 2. The number of fused-ring (bicyclic) bond motifs is 3. The second kappa shape index (κ2) is 8.27. The number of hydrogen-bond acceptors (Lipinski definition) is 5. The van der Waals surface area contributed by atoms with Crippen molar-refractivity contribution in [3.8, 4) is 0 Å². The lowest BCUT2D eigenvalue weighted by molar-refractivity contribution is 0.0939. The first-order chi connectivity index (χ1) is 13.7. The molecular weight excluding hydrogens is 368 g/mol. The molecule has 146 valence electrons. The van der Waals surface area contributed by atoms with E-state index in [1.807, 2.05) is 42.5 Å². The van der Waals surface area contributed by atoms with Gasteiger partial charge in [-0.1, -0.05) is 19.1 Å². The Balaban J connectivity index is 1.48. The third-order valence-corrected chi connectivity index (χ3v) is 6.62. The Labute approximate surface area is 169 Å². The van der Waals surface area contributed by atoms with Crippen LogP contribution in [-0.2, 0) is 19.4 Å². The SMILES string of the molecule is CCC(C)NC(=O)c1ccc(CNc2ncnc3sc4c(c23)CCCC4)cc1. The Hall–Kier alpha value is -2.47. The van der Waals surface area contributed by atoms with E-state index in [0.717, 1.165) is 35.5 Å². The van der Waals surface area contributed by atoms with Crippen LogP contribution in [0.15, 0.2) is 30.6 Å². The highest BCUT2D eigenvalue weighted by atomic mass is 32.1. The van der Waals surface area contributed by atoms with E-state index in [-0.39, 0.29) is 11.9 Å². The fraction of sp³-hybridized carbons (Fsp3) is 0.409.